The lowest BCUT2D eigenvalue weighted by atomic mass is 9.74. The van der Waals surface area contributed by atoms with E-state index in [0.717, 1.165) is 28.1 Å². The smallest absolute Gasteiger partial charge is 0.251 e. The molecule has 4 heterocycles. The fourth-order valence-corrected chi connectivity index (χ4v) is 10.2. The summed E-state index contributed by atoms with van der Waals surface area (Å²) in [5.74, 6) is -2.14. The number of rotatable bonds is 5. The van der Waals surface area contributed by atoms with Crippen molar-refractivity contribution in [1.29, 1.82) is 0 Å². The van der Waals surface area contributed by atoms with E-state index in [9.17, 15) is 9.90 Å². The molecule has 2 fully saturated rings. The first-order chi connectivity index (χ1) is 21.7. The normalized spacial score (nSPS) is 29.7. The van der Waals surface area contributed by atoms with Crippen LogP contribution in [0.2, 0.25) is 0 Å². The summed E-state index contributed by atoms with van der Waals surface area (Å²) < 4.78 is -1.76. The lowest BCUT2D eigenvalue weighted by molar-refractivity contribution is -0.142. The van der Waals surface area contributed by atoms with Gasteiger partial charge in [-0.15, -0.1) is 11.8 Å². The van der Waals surface area contributed by atoms with Crippen LogP contribution in [0.5, 0.6) is 0 Å². The van der Waals surface area contributed by atoms with Crippen molar-refractivity contribution in [2.45, 2.75) is 42.3 Å². The Morgan fingerprint density at radius 3 is 2.07 bits per heavy atom. The summed E-state index contributed by atoms with van der Waals surface area (Å²) in [6.07, 6.45) is 8.11. The van der Waals surface area contributed by atoms with Crippen molar-refractivity contribution in [3.8, 4) is 0 Å². The number of nitrogens with zero attached hydrogens (tertiary/aromatic N) is 3. The SMILES string of the molecule is Cc1cccc(C)c1N1CC=C[C@]23S[C@]4(C)C=CCN(c5ccccc5)C(=O)[C@@H]4[C@H]2C(=O)N([C@H](CO)c2ccccc2)C3C1=O. The minimum Gasteiger partial charge on any atom is -0.394 e. The molecule has 45 heavy (non-hydrogen) atoms. The van der Waals surface area contributed by atoms with Crippen molar-refractivity contribution in [2.24, 2.45) is 11.8 Å². The van der Waals surface area contributed by atoms with Crippen LogP contribution in [-0.4, -0.2) is 63.0 Å². The molecule has 1 unspecified atom stereocenters. The minimum atomic E-state index is -1.03. The van der Waals surface area contributed by atoms with Gasteiger partial charge in [-0.05, 0) is 49.6 Å². The number of carbonyl (C=O) groups excluding carboxylic acids is 3. The summed E-state index contributed by atoms with van der Waals surface area (Å²) in [6, 6.07) is 23.2. The van der Waals surface area contributed by atoms with Crippen LogP contribution in [0.15, 0.2) is 103 Å². The van der Waals surface area contributed by atoms with Gasteiger partial charge in [-0.1, -0.05) is 91.0 Å². The van der Waals surface area contributed by atoms with E-state index < -0.39 is 33.4 Å². The lowest BCUT2D eigenvalue weighted by Crippen LogP contribution is -2.55. The Morgan fingerprint density at radius 2 is 1.40 bits per heavy atom. The first-order valence-corrected chi connectivity index (χ1v) is 16.3. The second kappa shape index (κ2) is 11.0. The summed E-state index contributed by atoms with van der Waals surface area (Å²) in [5, 5.41) is 10.9. The van der Waals surface area contributed by atoms with Crippen LogP contribution in [0.4, 0.5) is 11.4 Å². The minimum absolute atomic E-state index is 0.131. The predicted molar refractivity (Wildman–Crippen MR) is 178 cm³/mol. The van der Waals surface area contributed by atoms with Gasteiger partial charge in [0.05, 0.1) is 29.2 Å². The monoisotopic (exact) mass is 619 g/mol. The van der Waals surface area contributed by atoms with Crippen LogP contribution in [0.3, 0.4) is 0 Å². The van der Waals surface area contributed by atoms with E-state index in [-0.39, 0.29) is 24.3 Å². The molecule has 8 heteroatoms. The van der Waals surface area contributed by atoms with Crippen molar-refractivity contribution in [1.82, 2.24) is 4.90 Å². The van der Waals surface area contributed by atoms with Crippen molar-refractivity contribution >= 4 is 40.9 Å². The molecule has 0 saturated carbocycles. The molecule has 2 saturated heterocycles. The summed E-state index contributed by atoms with van der Waals surface area (Å²) in [6.45, 7) is 6.40. The third kappa shape index (κ3) is 4.41. The number of carbonyl (C=O) groups is 3. The zero-order chi connectivity index (χ0) is 31.5. The number of likely N-dealkylation sites (tertiary alicyclic amines) is 1. The number of hydrogen-bond donors (Lipinski definition) is 1. The average Bonchev–Trinajstić information content (AvgIpc) is 3.31. The van der Waals surface area contributed by atoms with Crippen LogP contribution in [0.25, 0.3) is 0 Å². The molecule has 0 radical (unpaired) electrons. The van der Waals surface area contributed by atoms with E-state index >= 15 is 9.59 Å². The highest BCUT2D eigenvalue weighted by molar-refractivity contribution is 8.02. The largest absolute Gasteiger partial charge is 0.394 e. The van der Waals surface area contributed by atoms with Crippen LogP contribution in [0, 0.1) is 25.7 Å². The number of aliphatic hydroxyl groups excluding tert-OH is 1. The second-order valence-corrected chi connectivity index (χ2v) is 14.4. The van der Waals surface area contributed by atoms with E-state index in [1.54, 1.807) is 26.5 Å². The van der Waals surface area contributed by atoms with Crippen LogP contribution < -0.4 is 9.80 Å². The fourth-order valence-electron chi connectivity index (χ4n) is 8.10. The van der Waals surface area contributed by atoms with E-state index in [4.69, 9.17) is 0 Å². The van der Waals surface area contributed by atoms with Crippen molar-refractivity contribution in [3.63, 3.8) is 0 Å². The van der Waals surface area contributed by atoms with Gasteiger partial charge in [0.15, 0.2) is 0 Å². The van der Waals surface area contributed by atoms with Crippen LogP contribution in [-0.2, 0) is 14.4 Å². The van der Waals surface area contributed by atoms with Gasteiger partial charge in [-0.25, -0.2) is 0 Å². The molecule has 0 aliphatic carbocycles. The zero-order valence-corrected chi connectivity index (χ0v) is 26.5. The molecule has 1 spiro atoms. The maximum absolute atomic E-state index is 15.1. The maximum Gasteiger partial charge on any atom is 0.251 e. The molecular weight excluding hydrogens is 582 g/mol. The topological polar surface area (TPSA) is 81.2 Å². The van der Waals surface area contributed by atoms with Crippen molar-refractivity contribution < 1.29 is 19.5 Å². The van der Waals surface area contributed by atoms with Gasteiger partial charge in [0, 0.05) is 29.2 Å². The number of thioether (sulfide) groups is 1. The third-order valence-corrected chi connectivity index (χ3v) is 11.8. The second-order valence-electron chi connectivity index (χ2n) is 12.6. The van der Waals surface area contributed by atoms with Crippen molar-refractivity contribution in [3.05, 3.63) is 120 Å². The number of hydrogen-bond acceptors (Lipinski definition) is 5. The molecule has 7 nitrogen and oxygen atoms in total. The van der Waals surface area contributed by atoms with Gasteiger partial charge in [-0.3, -0.25) is 14.4 Å². The molecule has 3 aromatic rings. The molecule has 6 atom stereocenters. The van der Waals surface area contributed by atoms with Crippen LogP contribution in [0.1, 0.15) is 29.7 Å². The Bertz CT molecular complexity index is 1710. The Hall–Kier alpha value is -4.14. The molecule has 230 valence electrons. The van der Waals surface area contributed by atoms with E-state index in [0.29, 0.717) is 13.1 Å². The predicted octanol–water partition coefficient (Wildman–Crippen LogP) is 5.23. The van der Waals surface area contributed by atoms with E-state index in [1.165, 1.54) is 0 Å². The first-order valence-electron chi connectivity index (χ1n) is 15.5. The summed E-state index contributed by atoms with van der Waals surface area (Å²) in [4.78, 5) is 50.0. The number of para-hydroxylation sites is 2. The molecule has 0 aromatic heterocycles. The zero-order valence-electron chi connectivity index (χ0n) is 25.7. The Balaban J connectivity index is 1.42. The Labute approximate surface area is 268 Å². The molecule has 7 rings (SSSR count). The van der Waals surface area contributed by atoms with Gasteiger partial charge >= 0.3 is 0 Å². The van der Waals surface area contributed by atoms with Gasteiger partial charge in [0.2, 0.25) is 11.8 Å². The third-order valence-electron chi connectivity index (χ3n) is 9.97. The summed E-state index contributed by atoms with van der Waals surface area (Å²) >= 11 is 1.55. The highest BCUT2D eigenvalue weighted by Crippen LogP contribution is 2.66. The Kier molecular flexibility index (Phi) is 7.25. The van der Waals surface area contributed by atoms with E-state index in [2.05, 4.69) is 6.08 Å². The van der Waals surface area contributed by atoms with Gasteiger partial charge < -0.3 is 19.8 Å². The maximum atomic E-state index is 15.1. The molecule has 0 bridgehead atoms. The number of aryl methyl sites for hydroxylation is 2. The Morgan fingerprint density at radius 1 is 0.778 bits per heavy atom. The number of aliphatic hydroxyl groups is 1. The molecule has 3 aromatic carbocycles. The van der Waals surface area contributed by atoms with Gasteiger partial charge in [0.25, 0.3) is 5.91 Å². The molecule has 3 amide bonds. The number of anilines is 2. The lowest BCUT2D eigenvalue weighted by Gasteiger charge is -2.40. The highest BCUT2D eigenvalue weighted by Gasteiger charge is 2.74. The first kappa shape index (κ1) is 29.6. The fraction of sp³-hybridized carbons (Fsp3) is 0.324. The number of benzene rings is 3. The molecule has 4 aliphatic heterocycles. The van der Waals surface area contributed by atoms with Gasteiger partial charge in [-0.2, -0.15) is 0 Å². The molecule has 1 N–H and O–H groups in total. The summed E-state index contributed by atoms with van der Waals surface area (Å²) in [7, 11) is 0. The number of fused-ring (bicyclic) bond motifs is 2. The summed E-state index contributed by atoms with van der Waals surface area (Å²) in [5.41, 5.74) is 4.28. The molecular formula is C37H37N3O4S. The average molecular weight is 620 g/mol. The standard InChI is InChI=1S/C37H37N3O4S/c1-24-13-10-14-25(2)31(24)39-22-12-20-37-30(34(43)40(32(37)35(39)44)28(23-41)26-15-6-4-7-16-26)29-33(42)38(27-17-8-5-9-18-27)21-11-19-36(29,3)45-37/h4-20,28-30,32,41H,21-23H2,1-3H3/t28-,29+,30+,32?,36-,37+/m1/s1. The highest BCUT2D eigenvalue weighted by atomic mass is 32.2. The van der Waals surface area contributed by atoms with Gasteiger partial charge in [0.1, 0.15) is 6.04 Å². The molecule has 4 aliphatic rings. The van der Waals surface area contributed by atoms with E-state index in [1.807, 2.05) is 118 Å². The van der Waals surface area contributed by atoms with Crippen molar-refractivity contribution in [2.75, 3.05) is 29.5 Å². The number of amides is 3. The van der Waals surface area contributed by atoms with Crippen LogP contribution >= 0.6 is 11.8 Å². The quantitative estimate of drug-likeness (QED) is 0.396.